The van der Waals surface area contributed by atoms with Gasteiger partial charge in [-0.3, -0.25) is 4.79 Å². The van der Waals surface area contributed by atoms with E-state index in [0.29, 0.717) is 20.1 Å². The number of carbonyl (C=O) groups is 1. The molecule has 0 amide bonds. The van der Waals surface area contributed by atoms with Gasteiger partial charge in [0.05, 0.1) is 16.5 Å². The summed E-state index contributed by atoms with van der Waals surface area (Å²) in [7, 11) is 1.48. The van der Waals surface area contributed by atoms with Gasteiger partial charge in [0.2, 0.25) is 0 Å². The lowest BCUT2D eigenvalue weighted by Gasteiger charge is -2.07. The molecule has 1 N–H and O–H groups in total. The van der Waals surface area contributed by atoms with Crippen LogP contribution in [0.15, 0.2) is 22.8 Å². The van der Waals surface area contributed by atoms with Crippen LogP contribution in [0.2, 0.25) is 0 Å². The van der Waals surface area contributed by atoms with Crippen LogP contribution in [0.25, 0.3) is 10.6 Å². The van der Waals surface area contributed by atoms with Gasteiger partial charge in [-0.2, -0.15) is 0 Å². The first-order valence-corrected chi connectivity index (χ1v) is 6.24. The molecule has 0 saturated carbocycles. The van der Waals surface area contributed by atoms with E-state index in [2.05, 4.69) is 20.9 Å². The van der Waals surface area contributed by atoms with Crippen LogP contribution in [-0.4, -0.2) is 23.5 Å². The number of halogens is 1. The Labute approximate surface area is 110 Å². The number of aromatic nitrogens is 1. The fourth-order valence-corrected chi connectivity index (χ4v) is 2.49. The van der Waals surface area contributed by atoms with E-state index in [4.69, 9.17) is 4.74 Å². The lowest BCUT2D eigenvalue weighted by molar-refractivity contribution is 0.112. The second kappa shape index (κ2) is 4.85. The number of ether oxygens (including phenoxy) is 1. The molecule has 1 aromatic heterocycles. The molecule has 0 radical (unpaired) electrons. The summed E-state index contributed by atoms with van der Waals surface area (Å²) in [6.07, 6.45) is 2.27. The average molecular weight is 314 g/mol. The Morgan fingerprint density at radius 2 is 2.29 bits per heavy atom. The van der Waals surface area contributed by atoms with Gasteiger partial charge in [-0.15, -0.1) is 11.3 Å². The van der Waals surface area contributed by atoms with Gasteiger partial charge in [0, 0.05) is 11.8 Å². The summed E-state index contributed by atoms with van der Waals surface area (Å²) < 4.78 is 5.57. The number of nitrogens with zero attached hydrogens (tertiary/aromatic N) is 1. The predicted molar refractivity (Wildman–Crippen MR) is 68.9 cm³/mol. The zero-order valence-corrected chi connectivity index (χ0v) is 11.2. The van der Waals surface area contributed by atoms with Crippen molar-refractivity contribution in [1.82, 2.24) is 4.98 Å². The monoisotopic (exact) mass is 313 g/mol. The maximum atomic E-state index is 10.6. The third kappa shape index (κ3) is 2.32. The zero-order chi connectivity index (χ0) is 12.4. The van der Waals surface area contributed by atoms with Crippen LogP contribution in [0.5, 0.6) is 11.5 Å². The summed E-state index contributed by atoms with van der Waals surface area (Å²) in [5.74, 6) is 0.403. The van der Waals surface area contributed by atoms with Crippen LogP contribution in [0.3, 0.4) is 0 Å². The molecule has 1 aromatic carbocycles. The van der Waals surface area contributed by atoms with E-state index in [1.807, 2.05) is 0 Å². The van der Waals surface area contributed by atoms with Crippen molar-refractivity contribution in [3.05, 3.63) is 27.7 Å². The number of carbonyl (C=O) groups excluding carboxylic acids is 1. The smallest absolute Gasteiger partial charge is 0.172 e. The van der Waals surface area contributed by atoms with Gasteiger partial charge >= 0.3 is 0 Å². The van der Waals surface area contributed by atoms with Gasteiger partial charge in [-0.25, -0.2) is 4.98 Å². The summed E-state index contributed by atoms with van der Waals surface area (Å²) in [4.78, 5) is 15.3. The number of aldehydes is 1. The Balaban J connectivity index is 2.52. The molecule has 0 aliphatic carbocycles. The molecule has 0 aliphatic rings. The van der Waals surface area contributed by atoms with E-state index in [1.165, 1.54) is 24.6 Å². The Morgan fingerprint density at radius 1 is 1.53 bits per heavy atom. The summed E-state index contributed by atoms with van der Waals surface area (Å²) in [5, 5.41) is 10.4. The van der Waals surface area contributed by atoms with E-state index >= 15 is 0 Å². The molecule has 6 heteroatoms. The van der Waals surface area contributed by atoms with Gasteiger partial charge in [0.1, 0.15) is 5.01 Å². The predicted octanol–water partition coefficient (Wildman–Crippen LogP) is 3.10. The molecule has 17 heavy (non-hydrogen) atoms. The fourth-order valence-electron chi connectivity index (χ4n) is 1.33. The second-order valence-electron chi connectivity index (χ2n) is 3.19. The van der Waals surface area contributed by atoms with Gasteiger partial charge in [0.25, 0.3) is 0 Å². The first kappa shape index (κ1) is 12.1. The van der Waals surface area contributed by atoms with Crippen molar-refractivity contribution in [2.75, 3.05) is 7.11 Å². The maximum Gasteiger partial charge on any atom is 0.172 e. The Kier molecular flexibility index (Phi) is 3.44. The van der Waals surface area contributed by atoms with Gasteiger partial charge < -0.3 is 9.84 Å². The third-order valence-corrected chi connectivity index (χ3v) is 3.71. The van der Waals surface area contributed by atoms with Crippen LogP contribution < -0.4 is 4.74 Å². The highest BCUT2D eigenvalue weighted by molar-refractivity contribution is 9.10. The second-order valence-corrected chi connectivity index (χ2v) is 5.11. The van der Waals surface area contributed by atoms with Crippen molar-refractivity contribution in [1.29, 1.82) is 0 Å². The highest BCUT2D eigenvalue weighted by atomic mass is 79.9. The Morgan fingerprint density at radius 3 is 2.88 bits per heavy atom. The SMILES string of the molecule is COc1cc(-c2ncc(C=O)s2)cc(Br)c1O. The van der Waals surface area contributed by atoms with E-state index < -0.39 is 0 Å². The van der Waals surface area contributed by atoms with Crippen LogP contribution in [0, 0.1) is 0 Å². The van der Waals surface area contributed by atoms with Gasteiger partial charge in [-0.1, -0.05) is 0 Å². The maximum absolute atomic E-state index is 10.6. The minimum atomic E-state index is 0.0448. The summed E-state index contributed by atoms with van der Waals surface area (Å²) in [6, 6.07) is 3.40. The summed E-state index contributed by atoms with van der Waals surface area (Å²) in [6.45, 7) is 0. The lowest BCUT2D eigenvalue weighted by atomic mass is 10.2. The van der Waals surface area contributed by atoms with Crippen molar-refractivity contribution >= 4 is 33.6 Å². The molecular weight excluding hydrogens is 306 g/mol. The minimum Gasteiger partial charge on any atom is -0.503 e. The largest absolute Gasteiger partial charge is 0.503 e. The molecule has 0 saturated heterocycles. The highest BCUT2D eigenvalue weighted by Gasteiger charge is 2.12. The molecule has 1 heterocycles. The van der Waals surface area contributed by atoms with Gasteiger partial charge in [0.15, 0.2) is 17.8 Å². The van der Waals surface area contributed by atoms with Crippen molar-refractivity contribution < 1.29 is 14.6 Å². The number of benzene rings is 1. The number of methoxy groups -OCH3 is 1. The number of rotatable bonds is 3. The first-order valence-electron chi connectivity index (χ1n) is 4.63. The normalized spacial score (nSPS) is 10.2. The summed E-state index contributed by atoms with van der Waals surface area (Å²) >= 11 is 4.52. The molecule has 2 aromatic rings. The number of thiazole rings is 1. The lowest BCUT2D eigenvalue weighted by Crippen LogP contribution is -1.86. The molecule has 0 unspecified atom stereocenters. The van der Waals surface area contributed by atoms with Crippen molar-refractivity contribution in [2.45, 2.75) is 0 Å². The van der Waals surface area contributed by atoms with Crippen molar-refractivity contribution in [3.8, 4) is 22.1 Å². The number of phenolic OH excluding ortho intramolecular Hbond substituents is 1. The molecule has 0 atom stereocenters. The molecule has 2 rings (SSSR count). The van der Waals surface area contributed by atoms with E-state index in [0.717, 1.165) is 11.8 Å². The van der Waals surface area contributed by atoms with E-state index in [9.17, 15) is 9.90 Å². The van der Waals surface area contributed by atoms with Crippen LogP contribution in [0.1, 0.15) is 9.67 Å². The third-order valence-electron chi connectivity index (χ3n) is 2.14. The summed E-state index contributed by atoms with van der Waals surface area (Å²) in [5.41, 5.74) is 0.782. The fraction of sp³-hybridized carbons (Fsp3) is 0.0909. The van der Waals surface area contributed by atoms with Crippen molar-refractivity contribution in [3.63, 3.8) is 0 Å². The Hall–Kier alpha value is -1.40. The highest BCUT2D eigenvalue weighted by Crippen LogP contribution is 2.39. The average Bonchev–Trinajstić information content (AvgIpc) is 2.81. The number of aromatic hydroxyl groups is 1. The molecule has 0 fully saturated rings. The van der Waals surface area contributed by atoms with Gasteiger partial charge in [-0.05, 0) is 28.1 Å². The van der Waals surface area contributed by atoms with Crippen LogP contribution in [-0.2, 0) is 0 Å². The van der Waals surface area contributed by atoms with Crippen LogP contribution >= 0.6 is 27.3 Å². The number of phenols is 1. The zero-order valence-electron chi connectivity index (χ0n) is 8.81. The molecule has 0 spiro atoms. The quantitative estimate of drug-likeness (QED) is 0.885. The van der Waals surface area contributed by atoms with E-state index in [-0.39, 0.29) is 5.75 Å². The molecule has 0 aliphatic heterocycles. The number of hydrogen-bond donors (Lipinski definition) is 1. The standard InChI is InChI=1S/C11H8BrNO3S/c1-16-9-3-6(2-8(12)10(9)15)11-13-4-7(5-14)17-11/h2-5,15H,1H3. The molecule has 4 nitrogen and oxygen atoms in total. The Bertz CT molecular complexity index is 568. The van der Waals surface area contributed by atoms with Crippen LogP contribution in [0.4, 0.5) is 0 Å². The van der Waals surface area contributed by atoms with E-state index in [1.54, 1.807) is 12.1 Å². The molecular formula is C11H8BrNO3S. The topological polar surface area (TPSA) is 59.4 Å². The molecule has 88 valence electrons. The first-order chi connectivity index (χ1) is 8.15. The molecule has 0 bridgehead atoms. The van der Waals surface area contributed by atoms with Crippen molar-refractivity contribution in [2.24, 2.45) is 0 Å². The minimum absolute atomic E-state index is 0.0448. The number of hydrogen-bond acceptors (Lipinski definition) is 5.